The maximum atomic E-state index is 9.88. The van der Waals surface area contributed by atoms with Gasteiger partial charge in [0.15, 0.2) is 0 Å². The highest BCUT2D eigenvalue weighted by Crippen LogP contribution is 1.94. The predicted octanol–water partition coefficient (Wildman–Crippen LogP) is 0.812. The zero-order valence-electron chi connectivity index (χ0n) is 5.84. The molecule has 0 unspecified atom stereocenters. The Labute approximate surface area is 60.3 Å². The van der Waals surface area contributed by atoms with Crippen LogP contribution in [0.2, 0.25) is 0 Å². The summed E-state index contributed by atoms with van der Waals surface area (Å²) in [5.74, 6) is -1.04. The van der Waals surface area contributed by atoms with Crippen LogP contribution in [-0.2, 0) is 4.79 Å². The molecule has 0 aromatic rings. The minimum Gasteiger partial charge on any atom is -0.478 e. The molecule has 2 N–H and O–H groups in total. The highest BCUT2D eigenvalue weighted by atomic mass is 16.4. The van der Waals surface area contributed by atoms with E-state index in [9.17, 15) is 4.79 Å². The van der Waals surface area contributed by atoms with Crippen LogP contribution in [0.25, 0.3) is 0 Å². The summed E-state index contributed by atoms with van der Waals surface area (Å²) in [7, 11) is 0. The third-order valence-corrected chi connectivity index (χ3v) is 0.716. The summed E-state index contributed by atoms with van der Waals surface area (Å²) >= 11 is 0. The van der Waals surface area contributed by atoms with Crippen LogP contribution < -0.4 is 0 Å². The van der Waals surface area contributed by atoms with Gasteiger partial charge in [-0.15, -0.1) is 13.2 Å². The average Bonchev–Trinajstić information content (AvgIpc) is 1.93. The van der Waals surface area contributed by atoms with Gasteiger partial charge in [-0.25, -0.2) is 4.79 Å². The smallest absolute Gasteiger partial charge is 0.331 e. The summed E-state index contributed by atoms with van der Waals surface area (Å²) < 4.78 is 0. The number of carbonyl (C=O) groups is 1. The zero-order valence-corrected chi connectivity index (χ0v) is 5.84. The topological polar surface area (TPSA) is 57.5 Å². The van der Waals surface area contributed by atoms with Crippen molar-refractivity contribution < 1.29 is 15.0 Å². The number of hydrogen-bond donors (Lipinski definition) is 2. The predicted molar refractivity (Wildman–Crippen MR) is 39.7 cm³/mol. The Morgan fingerprint density at radius 2 is 1.80 bits per heavy atom. The molecule has 10 heavy (non-hydrogen) atoms. The molecule has 0 fully saturated rings. The number of rotatable bonds is 3. The summed E-state index contributed by atoms with van der Waals surface area (Å²) in [6, 6.07) is 0. The van der Waals surface area contributed by atoms with E-state index in [4.69, 9.17) is 10.2 Å². The number of aliphatic hydroxyl groups excluding tert-OH is 1. The minimum absolute atomic E-state index is 0.0486. The molecule has 0 rings (SSSR count). The Morgan fingerprint density at radius 3 is 1.90 bits per heavy atom. The van der Waals surface area contributed by atoms with Crippen LogP contribution in [0.5, 0.6) is 0 Å². The van der Waals surface area contributed by atoms with E-state index in [1.807, 2.05) is 0 Å². The average molecular weight is 144 g/mol. The van der Waals surface area contributed by atoms with Crippen LogP contribution in [-0.4, -0.2) is 22.8 Å². The second-order valence-corrected chi connectivity index (χ2v) is 1.38. The quantitative estimate of drug-likeness (QED) is 0.455. The van der Waals surface area contributed by atoms with Gasteiger partial charge >= 0.3 is 5.97 Å². The summed E-state index contributed by atoms with van der Waals surface area (Å²) in [5, 5.41) is 16.3. The van der Waals surface area contributed by atoms with E-state index in [1.165, 1.54) is 0 Å². The van der Waals surface area contributed by atoms with Crippen LogP contribution in [0.4, 0.5) is 0 Å². The number of aliphatic carboxylic acids is 1. The lowest BCUT2D eigenvalue weighted by Gasteiger charge is -1.91. The van der Waals surface area contributed by atoms with Gasteiger partial charge in [-0.3, -0.25) is 0 Å². The lowest BCUT2D eigenvalue weighted by atomic mass is 10.2. The summed E-state index contributed by atoms with van der Waals surface area (Å²) in [6.07, 6.45) is 0.148. The zero-order chi connectivity index (χ0) is 8.57. The van der Waals surface area contributed by atoms with Gasteiger partial charge in [0.25, 0.3) is 0 Å². The molecule has 0 aromatic carbocycles. The van der Waals surface area contributed by atoms with Gasteiger partial charge in [0.05, 0.1) is 0 Å². The van der Waals surface area contributed by atoms with E-state index < -0.39 is 5.97 Å². The van der Waals surface area contributed by atoms with E-state index in [1.54, 1.807) is 0 Å². The molecule has 0 atom stereocenters. The molecule has 0 saturated heterocycles. The van der Waals surface area contributed by atoms with Gasteiger partial charge < -0.3 is 10.2 Å². The molecule has 0 aliphatic rings. The second kappa shape index (κ2) is 7.91. The van der Waals surface area contributed by atoms with Gasteiger partial charge in [-0.2, -0.15) is 0 Å². The molecule has 0 heterocycles. The summed E-state index contributed by atoms with van der Waals surface area (Å²) in [6.45, 7) is 9.04. The van der Waals surface area contributed by atoms with Crippen LogP contribution >= 0.6 is 0 Å². The Hall–Kier alpha value is -1.09. The van der Waals surface area contributed by atoms with Crippen molar-refractivity contribution in [2.75, 3.05) is 6.61 Å². The number of aliphatic hydroxyl groups is 1. The first kappa shape index (κ1) is 11.7. The van der Waals surface area contributed by atoms with Gasteiger partial charge in [0.1, 0.15) is 0 Å². The molecular formula is C7H12O3. The fourth-order valence-electron chi connectivity index (χ4n) is 0.242. The van der Waals surface area contributed by atoms with E-state index in [0.717, 1.165) is 0 Å². The number of carboxylic acid groups (broad SMARTS) is 1. The van der Waals surface area contributed by atoms with Gasteiger partial charge in [0.2, 0.25) is 0 Å². The summed E-state index contributed by atoms with van der Waals surface area (Å²) in [5.41, 5.74) is 0.0486. The van der Waals surface area contributed by atoms with Gasteiger partial charge in [-0.1, -0.05) is 6.58 Å². The summed E-state index contributed by atoms with van der Waals surface area (Å²) in [4.78, 5) is 9.88. The first-order valence-corrected chi connectivity index (χ1v) is 2.70. The molecule has 3 heteroatoms. The first-order chi connectivity index (χ1) is 4.68. The maximum Gasteiger partial charge on any atom is 0.331 e. The van der Waals surface area contributed by atoms with Gasteiger partial charge in [-0.05, 0) is 0 Å². The van der Waals surface area contributed by atoms with Gasteiger partial charge in [0, 0.05) is 18.6 Å². The fraction of sp³-hybridized carbons (Fsp3) is 0.286. The molecule has 3 nitrogen and oxygen atoms in total. The van der Waals surface area contributed by atoms with Crippen LogP contribution in [0.15, 0.2) is 25.3 Å². The maximum absolute atomic E-state index is 9.88. The Kier molecular flexibility index (Phi) is 9.24. The van der Waals surface area contributed by atoms with Crippen LogP contribution in [0.1, 0.15) is 6.42 Å². The number of hydrogen-bond acceptors (Lipinski definition) is 2. The van der Waals surface area contributed by atoms with Crippen molar-refractivity contribution in [2.24, 2.45) is 0 Å². The molecule has 58 valence electrons. The highest BCUT2D eigenvalue weighted by Gasteiger charge is 1.99. The standard InChI is InChI=1S/C5H8O3.C2H4/c1-4(2-3-6)5(7)8;1-2/h6H,1-3H2,(H,7,8);1-2H2. The van der Waals surface area contributed by atoms with Crippen molar-refractivity contribution in [1.29, 1.82) is 0 Å². The Morgan fingerprint density at radius 1 is 1.40 bits per heavy atom. The monoisotopic (exact) mass is 144 g/mol. The molecule has 0 aromatic heterocycles. The second-order valence-electron chi connectivity index (χ2n) is 1.38. The molecule has 0 radical (unpaired) electrons. The van der Waals surface area contributed by atoms with E-state index >= 15 is 0 Å². The SMILES string of the molecule is C=C.C=C(CCO)C(=O)O. The molecule has 0 spiro atoms. The largest absolute Gasteiger partial charge is 0.478 e. The van der Waals surface area contributed by atoms with Crippen molar-refractivity contribution >= 4 is 5.97 Å². The number of carboxylic acids is 1. The Bertz CT molecular complexity index is 118. The third kappa shape index (κ3) is 6.91. The minimum atomic E-state index is -1.04. The van der Waals surface area contributed by atoms with E-state index in [0.29, 0.717) is 0 Å². The molecule has 0 aliphatic carbocycles. The highest BCUT2D eigenvalue weighted by molar-refractivity contribution is 5.85. The van der Waals surface area contributed by atoms with Crippen molar-refractivity contribution in [3.05, 3.63) is 25.3 Å². The third-order valence-electron chi connectivity index (χ3n) is 0.716. The first-order valence-electron chi connectivity index (χ1n) is 2.70. The van der Waals surface area contributed by atoms with Crippen LogP contribution in [0, 0.1) is 0 Å². The normalized spacial score (nSPS) is 7.30. The lowest BCUT2D eigenvalue weighted by Crippen LogP contribution is -2.00. The van der Waals surface area contributed by atoms with E-state index in [-0.39, 0.29) is 18.6 Å². The van der Waals surface area contributed by atoms with Crippen molar-refractivity contribution in [1.82, 2.24) is 0 Å². The molecule has 0 saturated carbocycles. The van der Waals surface area contributed by atoms with Crippen molar-refractivity contribution in [2.45, 2.75) is 6.42 Å². The molecule has 0 amide bonds. The molecule has 0 bridgehead atoms. The molecular weight excluding hydrogens is 132 g/mol. The Balaban J connectivity index is 0. The van der Waals surface area contributed by atoms with Crippen LogP contribution in [0.3, 0.4) is 0 Å². The van der Waals surface area contributed by atoms with E-state index in [2.05, 4.69) is 19.7 Å². The van der Waals surface area contributed by atoms with Crippen molar-refractivity contribution in [3.63, 3.8) is 0 Å². The molecule has 0 aliphatic heterocycles. The lowest BCUT2D eigenvalue weighted by molar-refractivity contribution is -0.132. The van der Waals surface area contributed by atoms with Crippen molar-refractivity contribution in [3.8, 4) is 0 Å². The fourth-order valence-corrected chi connectivity index (χ4v) is 0.242.